The molecule has 0 spiro atoms. The highest BCUT2D eigenvalue weighted by Gasteiger charge is 2.17. The Kier molecular flexibility index (Phi) is 5.45. The first-order valence-electron chi connectivity index (χ1n) is 9.05. The number of thioether (sulfide) groups is 1. The van der Waals surface area contributed by atoms with Gasteiger partial charge in [0.1, 0.15) is 0 Å². The zero-order valence-electron chi connectivity index (χ0n) is 15.7. The van der Waals surface area contributed by atoms with Crippen molar-refractivity contribution in [1.82, 2.24) is 14.8 Å². The lowest BCUT2D eigenvalue weighted by Gasteiger charge is -2.09. The van der Waals surface area contributed by atoms with Crippen LogP contribution in [0.1, 0.15) is 12.5 Å². The van der Waals surface area contributed by atoms with Crippen molar-refractivity contribution in [3.05, 3.63) is 59.5 Å². The number of anilines is 1. The van der Waals surface area contributed by atoms with E-state index in [0.717, 1.165) is 34.3 Å². The summed E-state index contributed by atoms with van der Waals surface area (Å²) in [6.45, 7) is 4.79. The second kappa shape index (κ2) is 8.16. The summed E-state index contributed by atoms with van der Waals surface area (Å²) in [5.74, 6) is 1.09. The van der Waals surface area contributed by atoms with E-state index in [1.165, 1.54) is 21.8 Å². The third-order valence-corrected chi connectivity index (χ3v) is 6.44. The molecule has 0 aliphatic carbocycles. The van der Waals surface area contributed by atoms with Gasteiger partial charge in [-0.1, -0.05) is 48.2 Å². The number of rotatable bonds is 6. The Morgan fingerprint density at radius 1 is 1.14 bits per heavy atom. The van der Waals surface area contributed by atoms with Gasteiger partial charge in [-0.3, -0.25) is 4.79 Å². The number of para-hydroxylation sites is 1. The highest BCUT2D eigenvalue weighted by Crippen LogP contribution is 2.34. The van der Waals surface area contributed by atoms with Crippen molar-refractivity contribution in [2.75, 3.05) is 11.1 Å². The maximum Gasteiger partial charge on any atom is 0.234 e. The largest absolute Gasteiger partial charge is 0.325 e. The first-order valence-corrected chi connectivity index (χ1v) is 10.9. The van der Waals surface area contributed by atoms with Gasteiger partial charge in [0.25, 0.3) is 0 Å². The van der Waals surface area contributed by atoms with Crippen LogP contribution in [0.2, 0.25) is 0 Å². The number of nitrogens with one attached hydrogen (secondary N) is 1. The molecule has 2 aromatic carbocycles. The molecule has 5 nitrogen and oxygen atoms in total. The van der Waals surface area contributed by atoms with Crippen molar-refractivity contribution < 1.29 is 4.79 Å². The maximum absolute atomic E-state index is 12.4. The molecule has 0 saturated heterocycles. The van der Waals surface area contributed by atoms with Crippen LogP contribution in [0.4, 0.5) is 5.69 Å². The zero-order valence-corrected chi connectivity index (χ0v) is 17.3. The molecule has 142 valence electrons. The number of amides is 1. The van der Waals surface area contributed by atoms with Crippen LogP contribution in [0.15, 0.2) is 59.1 Å². The molecule has 0 radical (unpaired) electrons. The van der Waals surface area contributed by atoms with E-state index in [9.17, 15) is 4.79 Å². The molecule has 0 bridgehead atoms. The third kappa shape index (κ3) is 3.68. The highest BCUT2D eigenvalue weighted by molar-refractivity contribution is 7.99. The number of aromatic nitrogens is 3. The van der Waals surface area contributed by atoms with Gasteiger partial charge in [0.15, 0.2) is 11.0 Å². The van der Waals surface area contributed by atoms with E-state index in [1.54, 1.807) is 11.3 Å². The van der Waals surface area contributed by atoms with E-state index in [2.05, 4.69) is 44.5 Å². The predicted octanol–water partition coefficient (Wildman–Crippen LogP) is 5.22. The lowest BCUT2D eigenvalue weighted by atomic mass is 10.1. The number of thiophene rings is 1. The van der Waals surface area contributed by atoms with E-state index in [4.69, 9.17) is 0 Å². The van der Waals surface area contributed by atoms with Gasteiger partial charge in [0.2, 0.25) is 5.91 Å². The molecule has 0 aliphatic heterocycles. The second-order valence-electron chi connectivity index (χ2n) is 6.35. The van der Waals surface area contributed by atoms with Crippen molar-refractivity contribution in [1.29, 1.82) is 0 Å². The number of carbonyl (C=O) groups excluding carboxylic acids is 1. The van der Waals surface area contributed by atoms with E-state index in [0.29, 0.717) is 0 Å². The van der Waals surface area contributed by atoms with Gasteiger partial charge in [-0.05, 0) is 31.5 Å². The molecular weight excluding hydrogens is 388 g/mol. The molecule has 1 amide bonds. The summed E-state index contributed by atoms with van der Waals surface area (Å²) in [5.41, 5.74) is 2.98. The lowest BCUT2D eigenvalue weighted by Crippen LogP contribution is -2.15. The monoisotopic (exact) mass is 408 g/mol. The topological polar surface area (TPSA) is 59.8 Å². The number of fused-ring (bicyclic) bond motifs is 1. The Morgan fingerprint density at radius 2 is 1.93 bits per heavy atom. The van der Waals surface area contributed by atoms with Gasteiger partial charge in [-0.25, -0.2) is 0 Å². The predicted molar refractivity (Wildman–Crippen MR) is 117 cm³/mol. The molecule has 0 unspecified atom stereocenters. The van der Waals surface area contributed by atoms with Crippen LogP contribution in [0.5, 0.6) is 0 Å². The van der Waals surface area contributed by atoms with Crippen LogP contribution in [0.25, 0.3) is 21.5 Å². The fourth-order valence-corrected chi connectivity index (χ4v) is 4.80. The molecule has 0 aliphatic rings. The molecule has 2 heterocycles. The maximum atomic E-state index is 12.4. The lowest BCUT2D eigenvalue weighted by molar-refractivity contribution is -0.113. The number of aryl methyl sites for hydroxylation is 1. The highest BCUT2D eigenvalue weighted by atomic mass is 32.2. The van der Waals surface area contributed by atoms with Gasteiger partial charge in [0, 0.05) is 33.3 Å². The molecule has 7 heteroatoms. The molecule has 2 aromatic heterocycles. The first kappa shape index (κ1) is 18.7. The quantitative estimate of drug-likeness (QED) is 0.445. The fourth-order valence-electron chi connectivity index (χ4n) is 3.06. The minimum Gasteiger partial charge on any atom is -0.325 e. The van der Waals surface area contributed by atoms with Crippen LogP contribution in [0.3, 0.4) is 0 Å². The summed E-state index contributed by atoms with van der Waals surface area (Å²) < 4.78 is 3.30. The smallest absolute Gasteiger partial charge is 0.234 e. The summed E-state index contributed by atoms with van der Waals surface area (Å²) in [4.78, 5) is 12.4. The second-order valence-corrected chi connectivity index (χ2v) is 8.20. The standard InChI is InChI=1S/C21H20N4OS2/c1-3-25-20(16-12-27-18-11-7-5-9-15(16)18)23-24-21(25)28-13-19(26)22-17-10-6-4-8-14(17)2/h4-12H,3,13H2,1-2H3,(H,22,26). The minimum atomic E-state index is -0.0486. The molecular formula is C21H20N4OS2. The number of nitrogens with zero attached hydrogens (tertiary/aromatic N) is 3. The van der Waals surface area contributed by atoms with Crippen molar-refractivity contribution in [2.24, 2.45) is 0 Å². The minimum absolute atomic E-state index is 0.0486. The normalized spacial score (nSPS) is 11.1. The van der Waals surface area contributed by atoms with Gasteiger partial charge in [-0.2, -0.15) is 0 Å². The zero-order chi connectivity index (χ0) is 19.5. The Balaban J connectivity index is 1.52. The van der Waals surface area contributed by atoms with Crippen LogP contribution in [-0.2, 0) is 11.3 Å². The van der Waals surface area contributed by atoms with Crippen molar-refractivity contribution in [2.45, 2.75) is 25.5 Å². The van der Waals surface area contributed by atoms with Crippen LogP contribution in [0, 0.1) is 6.92 Å². The van der Waals surface area contributed by atoms with E-state index in [-0.39, 0.29) is 11.7 Å². The molecule has 28 heavy (non-hydrogen) atoms. The summed E-state index contributed by atoms with van der Waals surface area (Å²) in [7, 11) is 0. The molecule has 4 aromatic rings. The number of carbonyl (C=O) groups is 1. The Bertz CT molecular complexity index is 1130. The van der Waals surface area contributed by atoms with E-state index in [1.807, 2.05) is 43.3 Å². The van der Waals surface area contributed by atoms with Crippen LogP contribution < -0.4 is 5.32 Å². The van der Waals surface area contributed by atoms with Gasteiger partial charge < -0.3 is 9.88 Å². The third-order valence-electron chi connectivity index (χ3n) is 4.51. The van der Waals surface area contributed by atoms with Gasteiger partial charge in [-0.15, -0.1) is 21.5 Å². The summed E-state index contributed by atoms with van der Waals surface area (Å²) in [6, 6.07) is 16.1. The van der Waals surface area contributed by atoms with E-state index >= 15 is 0 Å². The average Bonchev–Trinajstić information content (AvgIpc) is 3.31. The van der Waals surface area contributed by atoms with Crippen molar-refractivity contribution >= 4 is 44.8 Å². The Morgan fingerprint density at radius 3 is 2.75 bits per heavy atom. The van der Waals surface area contributed by atoms with Gasteiger partial charge >= 0.3 is 0 Å². The molecule has 0 saturated carbocycles. The molecule has 0 fully saturated rings. The van der Waals surface area contributed by atoms with Crippen LogP contribution >= 0.6 is 23.1 Å². The SMILES string of the molecule is CCn1c(SCC(=O)Nc2ccccc2C)nnc1-c1csc2ccccc12. The number of benzene rings is 2. The number of hydrogen-bond donors (Lipinski definition) is 1. The molecule has 4 rings (SSSR count). The van der Waals surface area contributed by atoms with Crippen molar-refractivity contribution in [3.63, 3.8) is 0 Å². The summed E-state index contributed by atoms with van der Waals surface area (Å²) in [5, 5.41) is 15.8. The Hall–Kier alpha value is -2.64. The number of hydrogen-bond acceptors (Lipinski definition) is 5. The van der Waals surface area contributed by atoms with Crippen LogP contribution in [-0.4, -0.2) is 26.4 Å². The summed E-state index contributed by atoms with van der Waals surface area (Å²) >= 11 is 3.12. The molecule has 1 N–H and O–H groups in total. The summed E-state index contributed by atoms with van der Waals surface area (Å²) in [6.07, 6.45) is 0. The van der Waals surface area contributed by atoms with E-state index < -0.39 is 0 Å². The Labute approximate surface area is 171 Å². The first-order chi connectivity index (χ1) is 13.7. The van der Waals surface area contributed by atoms with Gasteiger partial charge in [0.05, 0.1) is 5.75 Å². The van der Waals surface area contributed by atoms with Crippen molar-refractivity contribution in [3.8, 4) is 11.4 Å². The fraction of sp³-hybridized carbons (Fsp3) is 0.190. The average molecular weight is 409 g/mol. The molecule has 0 atom stereocenters.